The average molecular weight is 467 g/mol. The third-order valence-corrected chi connectivity index (χ3v) is 7.75. The lowest BCUT2D eigenvalue weighted by molar-refractivity contribution is -0.00294. The van der Waals surface area contributed by atoms with Crippen molar-refractivity contribution in [3.8, 4) is 11.1 Å². The Hall–Kier alpha value is -2.61. The van der Waals surface area contributed by atoms with Gasteiger partial charge >= 0.3 is 6.09 Å². The highest BCUT2D eigenvalue weighted by Crippen LogP contribution is 2.47. The topological polar surface area (TPSA) is 66.7 Å². The molecule has 1 aliphatic carbocycles. The minimum absolute atomic E-state index is 0.0430. The van der Waals surface area contributed by atoms with E-state index < -0.39 is 0 Å². The van der Waals surface area contributed by atoms with E-state index in [0.717, 1.165) is 56.2 Å². The fourth-order valence-corrected chi connectivity index (χ4v) is 5.88. The maximum atomic E-state index is 12.0. The molecular formula is C26H38N6O2. The van der Waals surface area contributed by atoms with Crippen molar-refractivity contribution in [3.05, 3.63) is 30.7 Å². The first-order valence-corrected chi connectivity index (χ1v) is 12.7. The summed E-state index contributed by atoms with van der Waals surface area (Å²) < 4.78 is 7.19. The van der Waals surface area contributed by atoms with Gasteiger partial charge in [-0.25, -0.2) is 9.78 Å². The molecule has 0 aromatic carbocycles. The standard InChI is InChI=1S/C26H38N6O2/c1-5-34-24(33)31-18-26(19-31)9-8-21(15-26)29-11-13-30(14-12-29)23-22(7-6-10-27-23)20-16-28-32(17-20)25(2,3)4/h6-7,10,16-17,21H,5,8-9,11-15,18-19H2,1-4H3/t21-/m1/s1. The van der Waals surface area contributed by atoms with Crippen LogP contribution < -0.4 is 4.90 Å². The number of aromatic nitrogens is 3. The van der Waals surface area contributed by atoms with Gasteiger partial charge in [-0.05, 0) is 59.1 Å². The Morgan fingerprint density at radius 1 is 1.21 bits per heavy atom. The normalized spacial score (nSPS) is 22.8. The number of ether oxygens (including phenoxy) is 1. The van der Waals surface area contributed by atoms with Crippen LogP contribution in [0.15, 0.2) is 30.7 Å². The smallest absolute Gasteiger partial charge is 0.409 e. The second kappa shape index (κ2) is 8.87. The van der Waals surface area contributed by atoms with Gasteiger partial charge in [0.1, 0.15) is 5.82 Å². The van der Waals surface area contributed by atoms with Crippen LogP contribution in [0.4, 0.5) is 10.6 Å². The van der Waals surface area contributed by atoms with Crippen molar-refractivity contribution in [3.63, 3.8) is 0 Å². The van der Waals surface area contributed by atoms with E-state index in [0.29, 0.717) is 18.1 Å². The number of nitrogens with zero attached hydrogens (tertiary/aromatic N) is 6. The van der Waals surface area contributed by atoms with E-state index in [4.69, 9.17) is 9.72 Å². The molecule has 8 heteroatoms. The quantitative estimate of drug-likeness (QED) is 0.682. The van der Waals surface area contributed by atoms with Crippen LogP contribution in [0.3, 0.4) is 0 Å². The lowest BCUT2D eigenvalue weighted by Gasteiger charge is -2.48. The minimum atomic E-state index is -0.149. The van der Waals surface area contributed by atoms with Crippen molar-refractivity contribution in [1.82, 2.24) is 24.6 Å². The number of carbonyl (C=O) groups is 1. The van der Waals surface area contributed by atoms with Crippen molar-refractivity contribution in [2.45, 2.75) is 58.5 Å². The zero-order valence-corrected chi connectivity index (χ0v) is 21.0. The van der Waals surface area contributed by atoms with E-state index in [-0.39, 0.29) is 11.6 Å². The first kappa shape index (κ1) is 23.1. The van der Waals surface area contributed by atoms with Gasteiger partial charge in [0.2, 0.25) is 0 Å². The van der Waals surface area contributed by atoms with Crippen molar-refractivity contribution >= 4 is 11.9 Å². The number of carbonyl (C=O) groups excluding carboxylic acids is 1. The summed E-state index contributed by atoms with van der Waals surface area (Å²) in [7, 11) is 0. The SMILES string of the molecule is CCOC(=O)N1CC2(CC[C@@H](N3CCN(c4ncccc4-c4cnn(C(C)(C)C)c4)CC3)C2)C1. The Morgan fingerprint density at radius 2 is 1.97 bits per heavy atom. The molecule has 1 spiro atoms. The number of amides is 1. The Labute approximate surface area is 202 Å². The van der Waals surface area contributed by atoms with E-state index in [1.807, 2.05) is 35.0 Å². The van der Waals surface area contributed by atoms with Crippen LogP contribution >= 0.6 is 0 Å². The second-order valence-electron chi connectivity index (χ2n) is 11.2. The molecule has 0 unspecified atom stereocenters. The van der Waals surface area contributed by atoms with Gasteiger partial charge in [0.15, 0.2) is 0 Å². The molecule has 1 amide bonds. The fourth-order valence-electron chi connectivity index (χ4n) is 5.88. The number of hydrogen-bond donors (Lipinski definition) is 0. The van der Waals surface area contributed by atoms with Gasteiger partial charge in [-0.2, -0.15) is 5.10 Å². The molecule has 2 aliphatic heterocycles. The number of hydrogen-bond acceptors (Lipinski definition) is 6. The van der Waals surface area contributed by atoms with Crippen LogP contribution in [0, 0.1) is 5.41 Å². The Morgan fingerprint density at radius 3 is 2.65 bits per heavy atom. The summed E-state index contributed by atoms with van der Waals surface area (Å²) in [6.45, 7) is 14.6. The van der Waals surface area contributed by atoms with E-state index in [9.17, 15) is 4.79 Å². The van der Waals surface area contributed by atoms with Gasteiger partial charge in [-0.15, -0.1) is 0 Å². The molecule has 5 rings (SSSR count). The molecule has 3 aliphatic rings. The summed E-state index contributed by atoms with van der Waals surface area (Å²) in [5.41, 5.74) is 2.54. The lowest BCUT2D eigenvalue weighted by atomic mass is 9.78. The molecule has 3 fully saturated rings. The lowest BCUT2D eigenvalue weighted by Crippen LogP contribution is -2.58. The molecule has 2 saturated heterocycles. The van der Waals surface area contributed by atoms with Crippen molar-refractivity contribution in [2.24, 2.45) is 5.41 Å². The molecule has 4 heterocycles. The van der Waals surface area contributed by atoms with Crippen molar-refractivity contribution in [1.29, 1.82) is 0 Å². The number of anilines is 1. The molecule has 0 N–H and O–H groups in total. The van der Waals surface area contributed by atoms with Crippen LogP contribution in [0.5, 0.6) is 0 Å². The van der Waals surface area contributed by atoms with Crippen LogP contribution in [-0.2, 0) is 10.3 Å². The van der Waals surface area contributed by atoms with Gasteiger partial charge in [0, 0.05) is 74.2 Å². The minimum Gasteiger partial charge on any atom is -0.450 e. The largest absolute Gasteiger partial charge is 0.450 e. The summed E-state index contributed by atoms with van der Waals surface area (Å²) in [5, 5.41) is 4.60. The zero-order chi connectivity index (χ0) is 23.9. The highest BCUT2D eigenvalue weighted by atomic mass is 16.6. The fraction of sp³-hybridized carbons (Fsp3) is 0.654. The van der Waals surface area contributed by atoms with Crippen LogP contribution in [0.25, 0.3) is 11.1 Å². The van der Waals surface area contributed by atoms with Crippen molar-refractivity contribution in [2.75, 3.05) is 50.8 Å². The van der Waals surface area contributed by atoms with Crippen LogP contribution in [0.2, 0.25) is 0 Å². The number of piperazine rings is 1. The van der Waals surface area contributed by atoms with Gasteiger partial charge in [-0.1, -0.05) is 0 Å². The Kier molecular flexibility index (Phi) is 6.04. The Balaban J connectivity index is 1.19. The molecule has 34 heavy (non-hydrogen) atoms. The van der Waals surface area contributed by atoms with E-state index >= 15 is 0 Å². The first-order valence-electron chi connectivity index (χ1n) is 12.7. The molecule has 0 bridgehead atoms. The van der Waals surface area contributed by atoms with Crippen LogP contribution in [0.1, 0.15) is 47.0 Å². The summed E-state index contributed by atoms with van der Waals surface area (Å²) in [6.07, 6.45) is 9.48. The summed E-state index contributed by atoms with van der Waals surface area (Å²) in [6, 6.07) is 4.80. The molecule has 2 aromatic heterocycles. The highest BCUT2D eigenvalue weighted by Gasteiger charge is 2.51. The molecule has 2 aromatic rings. The van der Waals surface area contributed by atoms with Gasteiger partial charge in [0.05, 0.1) is 18.3 Å². The molecule has 8 nitrogen and oxygen atoms in total. The molecule has 184 valence electrons. The summed E-state index contributed by atoms with van der Waals surface area (Å²) in [5.74, 6) is 1.06. The maximum Gasteiger partial charge on any atom is 0.409 e. The average Bonchev–Trinajstić information content (AvgIpc) is 3.47. The van der Waals surface area contributed by atoms with Gasteiger partial charge in [-0.3, -0.25) is 9.58 Å². The summed E-state index contributed by atoms with van der Waals surface area (Å²) in [4.78, 5) is 23.7. The number of rotatable bonds is 4. The van der Waals surface area contributed by atoms with Crippen LogP contribution in [-0.4, -0.2) is 82.6 Å². The molecule has 1 atom stereocenters. The number of pyridine rings is 1. The molecular weight excluding hydrogens is 428 g/mol. The van der Waals surface area contributed by atoms with Gasteiger partial charge < -0.3 is 14.5 Å². The number of likely N-dealkylation sites (tertiary alicyclic amines) is 1. The third-order valence-electron chi connectivity index (χ3n) is 7.75. The van der Waals surface area contributed by atoms with E-state index in [1.54, 1.807) is 0 Å². The van der Waals surface area contributed by atoms with E-state index in [1.165, 1.54) is 19.3 Å². The van der Waals surface area contributed by atoms with Gasteiger partial charge in [0.25, 0.3) is 0 Å². The molecule has 0 radical (unpaired) electrons. The first-order chi connectivity index (χ1) is 16.3. The highest BCUT2D eigenvalue weighted by molar-refractivity contribution is 5.75. The maximum absolute atomic E-state index is 12.0. The zero-order valence-electron chi connectivity index (χ0n) is 21.0. The second-order valence-corrected chi connectivity index (χ2v) is 11.2. The predicted octanol–water partition coefficient (Wildman–Crippen LogP) is 3.83. The summed E-state index contributed by atoms with van der Waals surface area (Å²) >= 11 is 0. The Bertz CT molecular complexity index is 1010. The monoisotopic (exact) mass is 466 g/mol. The third kappa shape index (κ3) is 4.40. The van der Waals surface area contributed by atoms with Crippen molar-refractivity contribution < 1.29 is 9.53 Å². The predicted molar refractivity (Wildman–Crippen MR) is 133 cm³/mol. The van der Waals surface area contributed by atoms with E-state index in [2.05, 4.69) is 47.9 Å². The molecule has 1 saturated carbocycles.